The predicted octanol–water partition coefficient (Wildman–Crippen LogP) is 1.63. The second-order valence-electron chi connectivity index (χ2n) is 3.78. The van der Waals surface area contributed by atoms with Gasteiger partial charge in [0.25, 0.3) is 10.0 Å². The smallest absolute Gasteiger partial charge is 0.263 e. The number of nitrogens with one attached hydrogen (secondary N) is 1. The normalized spacial score (nSPS) is 10.3. The fourth-order valence-electron chi connectivity index (χ4n) is 1.52. The molecule has 0 spiro atoms. The van der Waals surface area contributed by atoms with E-state index in [0.717, 1.165) is 0 Å². The Hall–Kier alpha value is -2.90. The summed E-state index contributed by atoms with van der Waals surface area (Å²) in [7, 11) is -3.76. The number of nitrogens with zero attached hydrogens (tertiary/aromatic N) is 3. The van der Waals surface area contributed by atoms with Crippen molar-refractivity contribution in [3.05, 3.63) is 53.9 Å². The zero-order valence-corrected chi connectivity index (χ0v) is 10.9. The maximum absolute atomic E-state index is 12.1. The van der Waals surface area contributed by atoms with Gasteiger partial charge in [-0.15, -0.1) is 0 Å². The Morgan fingerprint density at radius 2 is 1.85 bits per heavy atom. The van der Waals surface area contributed by atoms with Gasteiger partial charge < -0.3 is 0 Å². The van der Waals surface area contributed by atoms with Gasteiger partial charge >= 0.3 is 0 Å². The first-order chi connectivity index (χ1) is 9.56. The molecule has 0 aliphatic carbocycles. The van der Waals surface area contributed by atoms with Crippen molar-refractivity contribution in [1.82, 2.24) is 4.98 Å². The van der Waals surface area contributed by atoms with Gasteiger partial charge in [-0.2, -0.15) is 10.5 Å². The van der Waals surface area contributed by atoms with E-state index in [-0.39, 0.29) is 21.7 Å². The highest BCUT2D eigenvalue weighted by Crippen LogP contribution is 2.18. The maximum atomic E-state index is 12.1. The van der Waals surface area contributed by atoms with Crippen LogP contribution in [0.1, 0.15) is 11.1 Å². The lowest BCUT2D eigenvalue weighted by molar-refractivity contribution is 0.601. The summed E-state index contributed by atoms with van der Waals surface area (Å²) in [6, 6.07) is 10.7. The number of rotatable bonds is 3. The van der Waals surface area contributed by atoms with Gasteiger partial charge in [-0.25, -0.2) is 8.42 Å². The molecule has 6 nitrogen and oxygen atoms in total. The Balaban J connectivity index is 2.37. The van der Waals surface area contributed by atoms with Crippen molar-refractivity contribution in [3.63, 3.8) is 0 Å². The van der Waals surface area contributed by atoms with E-state index in [2.05, 4.69) is 9.71 Å². The molecular formula is C13H8N4O2S. The van der Waals surface area contributed by atoms with Crippen LogP contribution in [0.2, 0.25) is 0 Å². The molecule has 0 unspecified atom stereocenters. The minimum Gasteiger partial charge on any atom is -0.280 e. The largest absolute Gasteiger partial charge is 0.280 e. The van der Waals surface area contributed by atoms with Crippen LogP contribution in [0.15, 0.2) is 47.6 Å². The average molecular weight is 284 g/mol. The van der Waals surface area contributed by atoms with Crippen molar-refractivity contribution in [1.29, 1.82) is 10.5 Å². The SMILES string of the molecule is N#Cc1ccc(NS(=O)(=O)c2cccnc2)cc1C#N. The molecule has 0 amide bonds. The number of aromatic nitrogens is 1. The third kappa shape index (κ3) is 2.74. The molecule has 1 aromatic heterocycles. The Kier molecular flexibility index (Phi) is 3.65. The van der Waals surface area contributed by atoms with E-state index in [1.165, 1.54) is 42.7 Å². The molecule has 0 saturated carbocycles. The molecule has 0 radical (unpaired) electrons. The number of hydrogen-bond donors (Lipinski definition) is 1. The summed E-state index contributed by atoms with van der Waals surface area (Å²) in [4.78, 5) is 3.76. The van der Waals surface area contributed by atoms with E-state index in [0.29, 0.717) is 0 Å². The predicted molar refractivity (Wildman–Crippen MR) is 70.9 cm³/mol. The first kappa shape index (κ1) is 13.5. The van der Waals surface area contributed by atoms with Crippen LogP contribution in [0, 0.1) is 22.7 Å². The maximum Gasteiger partial charge on any atom is 0.263 e. The fourth-order valence-corrected chi connectivity index (χ4v) is 2.53. The molecule has 2 rings (SSSR count). The second kappa shape index (κ2) is 5.39. The lowest BCUT2D eigenvalue weighted by Gasteiger charge is -2.08. The molecule has 1 heterocycles. The van der Waals surface area contributed by atoms with Crippen LogP contribution in [0.4, 0.5) is 5.69 Å². The zero-order valence-electron chi connectivity index (χ0n) is 10.1. The third-order valence-corrected chi connectivity index (χ3v) is 3.82. The van der Waals surface area contributed by atoms with Gasteiger partial charge in [0, 0.05) is 12.4 Å². The molecule has 0 bridgehead atoms. The van der Waals surface area contributed by atoms with Crippen LogP contribution in [-0.4, -0.2) is 13.4 Å². The molecule has 1 aromatic carbocycles. The molecule has 98 valence electrons. The first-order valence-electron chi connectivity index (χ1n) is 5.44. The van der Waals surface area contributed by atoms with E-state index in [1.807, 2.05) is 12.1 Å². The number of anilines is 1. The highest BCUT2D eigenvalue weighted by molar-refractivity contribution is 7.92. The molecule has 1 N–H and O–H groups in total. The Morgan fingerprint density at radius 1 is 1.10 bits per heavy atom. The topological polar surface area (TPSA) is 107 Å². The molecule has 0 aliphatic rings. The summed E-state index contributed by atoms with van der Waals surface area (Å²) in [5.41, 5.74) is 0.514. The van der Waals surface area contributed by atoms with Crippen LogP contribution in [0.5, 0.6) is 0 Å². The number of sulfonamides is 1. The van der Waals surface area contributed by atoms with Crippen molar-refractivity contribution in [3.8, 4) is 12.1 Å². The summed E-state index contributed by atoms with van der Waals surface area (Å²) in [6.07, 6.45) is 2.69. The lowest BCUT2D eigenvalue weighted by Crippen LogP contribution is -2.13. The van der Waals surface area contributed by atoms with E-state index < -0.39 is 10.0 Å². The molecule has 0 fully saturated rings. The minimum absolute atomic E-state index is 0.0165. The van der Waals surface area contributed by atoms with Gasteiger partial charge in [0.2, 0.25) is 0 Å². The second-order valence-corrected chi connectivity index (χ2v) is 5.46. The van der Waals surface area contributed by atoms with Crippen molar-refractivity contribution < 1.29 is 8.42 Å². The monoisotopic (exact) mass is 284 g/mol. The van der Waals surface area contributed by atoms with Gasteiger partial charge in [-0.1, -0.05) is 0 Å². The highest BCUT2D eigenvalue weighted by Gasteiger charge is 2.14. The average Bonchev–Trinajstić information content (AvgIpc) is 2.47. The highest BCUT2D eigenvalue weighted by atomic mass is 32.2. The summed E-state index contributed by atoms with van der Waals surface area (Å²) in [6.45, 7) is 0. The molecule has 0 saturated heterocycles. The van der Waals surface area contributed by atoms with Crippen molar-refractivity contribution >= 4 is 15.7 Å². The molecular weight excluding hydrogens is 276 g/mol. The minimum atomic E-state index is -3.76. The molecule has 0 aliphatic heterocycles. The molecule has 0 atom stereocenters. The van der Waals surface area contributed by atoms with Crippen LogP contribution in [-0.2, 0) is 10.0 Å². The number of nitriles is 2. The summed E-state index contributed by atoms with van der Waals surface area (Å²) in [5.74, 6) is 0. The number of hydrogen-bond acceptors (Lipinski definition) is 5. The van der Waals surface area contributed by atoms with Gasteiger partial charge in [-0.3, -0.25) is 9.71 Å². The summed E-state index contributed by atoms with van der Waals surface area (Å²) >= 11 is 0. The molecule has 7 heteroatoms. The lowest BCUT2D eigenvalue weighted by atomic mass is 10.1. The van der Waals surface area contributed by atoms with Gasteiger partial charge in [0.15, 0.2) is 0 Å². The quantitative estimate of drug-likeness (QED) is 0.921. The number of pyridine rings is 1. The van der Waals surface area contributed by atoms with Crippen LogP contribution < -0.4 is 4.72 Å². The Labute approximate surface area is 116 Å². The molecule has 2 aromatic rings. The van der Waals surface area contributed by atoms with Crippen LogP contribution >= 0.6 is 0 Å². The Morgan fingerprint density at radius 3 is 2.45 bits per heavy atom. The zero-order chi connectivity index (χ0) is 14.6. The van der Waals surface area contributed by atoms with Crippen molar-refractivity contribution in [2.45, 2.75) is 4.90 Å². The summed E-state index contributed by atoms with van der Waals surface area (Å²) in [5, 5.41) is 17.7. The van der Waals surface area contributed by atoms with Gasteiger partial charge in [0.05, 0.1) is 16.8 Å². The fraction of sp³-hybridized carbons (Fsp3) is 0. The van der Waals surface area contributed by atoms with Crippen LogP contribution in [0.3, 0.4) is 0 Å². The van der Waals surface area contributed by atoms with Gasteiger partial charge in [-0.05, 0) is 30.3 Å². The Bertz CT molecular complexity index is 818. The van der Waals surface area contributed by atoms with Crippen molar-refractivity contribution in [2.75, 3.05) is 4.72 Å². The third-order valence-electron chi connectivity index (χ3n) is 2.46. The van der Waals surface area contributed by atoms with Crippen LogP contribution in [0.25, 0.3) is 0 Å². The molecule has 20 heavy (non-hydrogen) atoms. The van der Waals surface area contributed by atoms with E-state index in [1.54, 1.807) is 0 Å². The summed E-state index contributed by atoms with van der Waals surface area (Å²) < 4.78 is 26.4. The van der Waals surface area contributed by atoms with Crippen molar-refractivity contribution in [2.24, 2.45) is 0 Å². The van der Waals surface area contributed by atoms with E-state index >= 15 is 0 Å². The van der Waals surface area contributed by atoms with E-state index in [4.69, 9.17) is 10.5 Å². The number of benzene rings is 1. The van der Waals surface area contributed by atoms with Gasteiger partial charge in [0.1, 0.15) is 17.0 Å². The first-order valence-corrected chi connectivity index (χ1v) is 6.92. The van der Waals surface area contributed by atoms with E-state index in [9.17, 15) is 8.42 Å². The standard InChI is InChI=1S/C13H8N4O2S/c14-7-10-3-4-12(6-11(10)8-15)17-20(18,19)13-2-1-5-16-9-13/h1-6,9,17H.